The SMILES string of the molecule is CCNc1cc(N(C)CCCN(C)C)ccn1. The van der Waals surface area contributed by atoms with E-state index in [0.717, 1.165) is 25.5 Å². The number of nitrogens with one attached hydrogen (secondary N) is 1. The lowest BCUT2D eigenvalue weighted by Gasteiger charge is -2.20. The Kier molecular flexibility index (Phi) is 5.77. The third-order valence-electron chi connectivity index (χ3n) is 2.64. The van der Waals surface area contributed by atoms with E-state index in [4.69, 9.17) is 0 Å². The predicted octanol–water partition coefficient (Wildman–Crippen LogP) is 1.90. The number of pyridine rings is 1. The molecule has 0 aliphatic rings. The van der Waals surface area contributed by atoms with E-state index in [1.807, 2.05) is 6.20 Å². The second-order valence-electron chi connectivity index (χ2n) is 4.51. The van der Waals surface area contributed by atoms with E-state index in [9.17, 15) is 0 Å². The van der Waals surface area contributed by atoms with E-state index in [0.29, 0.717) is 0 Å². The van der Waals surface area contributed by atoms with Gasteiger partial charge in [0.15, 0.2) is 0 Å². The van der Waals surface area contributed by atoms with Crippen molar-refractivity contribution in [1.82, 2.24) is 9.88 Å². The molecule has 1 heterocycles. The molecular formula is C13H24N4. The Hall–Kier alpha value is -1.29. The molecule has 0 fully saturated rings. The molecule has 4 heteroatoms. The number of nitrogens with zero attached hydrogens (tertiary/aromatic N) is 3. The molecule has 1 aromatic heterocycles. The molecule has 0 radical (unpaired) electrons. The molecule has 0 unspecified atom stereocenters. The fourth-order valence-corrected chi connectivity index (χ4v) is 1.69. The summed E-state index contributed by atoms with van der Waals surface area (Å²) in [7, 11) is 6.34. The molecule has 0 atom stereocenters. The summed E-state index contributed by atoms with van der Waals surface area (Å²) in [6, 6.07) is 4.15. The molecule has 96 valence electrons. The largest absolute Gasteiger partial charge is 0.374 e. The van der Waals surface area contributed by atoms with Crippen LogP contribution in [0.25, 0.3) is 0 Å². The summed E-state index contributed by atoms with van der Waals surface area (Å²) in [4.78, 5) is 8.76. The average molecular weight is 236 g/mol. The maximum Gasteiger partial charge on any atom is 0.127 e. The van der Waals surface area contributed by atoms with Crippen molar-refractivity contribution in [3.8, 4) is 0 Å². The third kappa shape index (κ3) is 5.04. The van der Waals surface area contributed by atoms with Gasteiger partial charge in [-0.2, -0.15) is 0 Å². The van der Waals surface area contributed by atoms with E-state index in [1.165, 1.54) is 12.1 Å². The van der Waals surface area contributed by atoms with E-state index in [2.05, 4.69) is 60.3 Å². The lowest BCUT2D eigenvalue weighted by molar-refractivity contribution is 0.401. The van der Waals surface area contributed by atoms with Crippen LogP contribution in [0.3, 0.4) is 0 Å². The zero-order valence-corrected chi connectivity index (χ0v) is 11.4. The number of aromatic nitrogens is 1. The molecule has 0 spiro atoms. The Morgan fingerprint density at radius 2 is 2.00 bits per heavy atom. The zero-order chi connectivity index (χ0) is 12.7. The van der Waals surface area contributed by atoms with Gasteiger partial charge in [0, 0.05) is 38.1 Å². The van der Waals surface area contributed by atoms with Gasteiger partial charge in [-0.3, -0.25) is 0 Å². The molecule has 0 bridgehead atoms. The lowest BCUT2D eigenvalue weighted by atomic mass is 10.3. The first kappa shape index (κ1) is 13.8. The Morgan fingerprint density at radius 3 is 2.65 bits per heavy atom. The number of rotatable bonds is 7. The second kappa shape index (κ2) is 7.12. The molecule has 4 nitrogen and oxygen atoms in total. The van der Waals surface area contributed by atoms with E-state index < -0.39 is 0 Å². The fraction of sp³-hybridized carbons (Fsp3) is 0.615. The minimum absolute atomic E-state index is 0.904. The highest BCUT2D eigenvalue weighted by Crippen LogP contribution is 2.15. The molecule has 0 saturated carbocycles. The van der Waals surface area contributed by atoms with Crippen LogP contribution in [-0.2, 0) is 0 Å². The maximum absolute atomic E-state index is 4.27. The van der Waals surface area contributed by atoms with Crippen LogP contribution in [0.1, 0.15) is 13.3 Å². The van der Waals surface area contributed by atoms with Gasteiger partial charge in [0.05, 0.1) is 0 Å². The maximum atomic E-state index is 4.27. The van der Waals surface area contributed by atoms with Crippen LogP contribution in [0.2, 0.25) is 0 Å². The standard InChI is InChI=1S/C13H24N4/c1-5-14-13-11-12(7-8-15-13)17(4)10-6-9-16(2)3/h7-8,11H,5-6,9-10H2,1-4H3,(H,14,15). The van der Waals surface area contributed by atoms with Gasteiger partial charge in [-0.05, 0) is 40.1 Å². The molecular weight excluding hydrogens is 212 g/mol. The van der Waals surface area contributed by atoms with Gasteiger partial charge < -0.3 is 15.1 Å². The van der Waals surface area contributed by atoms with Gasteiger partial charge in [-0.1, -0.05) is 0 Å². The van der Waals surface area contributed by atoms with Crippen LogP contribution >= 0.6 is 0 Å². The van der Waals surface area contributed by atoms with Crippen LogP contribution in [0.4, 0.5) is 11.5 Å². The monoisotopic (exact) mass is 236 g/mol. The first-order valence-corrected chi connectivity index (χ1v) is 6.19. The van der Waals surface area contributed by atoms with Gasteiger partial charge in [-0.15, -0.1) is 0 Å². The van der Waals surface area contributed by atoms with E-state index in [1.54, 1.807) is 0 Å². The van der Waals surface area contributed by atoms with Crippen molar-refractivity contribution in [2.75, 3.05) is 51.0 Å². The van der Waals surface area contributed by atoms with Crippen LogP contribution < -0.4 is 10.2 Å². The van der Waals surface area contributed by atoms with Gasteiger partial charge in [0.2, 0.25) is 0 Å². The molecule has 0 aliphatic heterocycles. The number of hydrogen-bond acceptors (Lipinski definition) is 4. The summed E-state index contributed by atoms with van der Waals surface area (Å²) >= 11 is 0. The topological polar surface area (TPSA) is 31.4 Å². The van der Waals surface area contributed by atoms with Gasteiger partial charge in [0.25, 0.3) is 0 Å². The smallest absolute Gasteiger partial charge is 0.127 e. The zero-order valence-electron chi connectivity index (χ0n) is 11.4. The normalized spacial score (nSPS) is 10.6. The van der Waals surface area contributed by atoms with Crippen molar-refractivity contribution in [3.63, 3.8) is 0 Å². The highest BCUT2D eigenvalue weighted by atomic mass is 15.1. The lowest BCUT2D eigenvalue weighted by Crippen LogP contribution is -2.23. The third-order valence-corrected chi connectivity index (χ3v) is 2.64. The van der Waals surface area contributed by atoms with Crippen molar-refractivity contribution < 1.29 is 0 Å². The fourth-order valence-electron chi connectivity index (χ4n) is 1.69. The van der Waals surface area contributed by atoms with E-state index >= 15 is 0 Å². The van der Waals surface area contributed by atoms with Gasteiger partial charge >= 0.3 is 0 Å². The summed E-state index contributed by atoms with van der Waals surface area (Å²) < 4.78 is 0. The Bertz CT molecular complexity index is 325. The van der Waals surface area contributed by atoms with Crippen LogP contribution in [0.5, 0.6) is 0 Å². The van der Waals surface area contributed by atoms with E-state index in [-0.39, 0.29) is 0 Å². The summed E-state index contributed by atoms with van der Waals surface area (Å²) in [6.07, 6.45) is 3.03. The van der Waals surface area contributed by atoms with Crippen LogP contribution in [0, 0.1) is 0 Å². The second-order valence-corrected chi connectivity index (χ2v) is 4.51. The summed E-state index contributed by atoms with van der Waals surface area (Å²) in [5.41, 5.74) is 1.22. The van der Waals surface area contributed by atoms with Crippen LogP contribution in [-0.4, -0.2) is 50.7 Å². The van der Waals surface area contributed by atoms with Crippen molar-refractivity contribution in [2.24, 2.45) is 0 Å². The van der Waals surface area contributed by atoms with Crippen molar-refractivity contribution in [2.45, 2.75) is 13.3 Å². The highest BCUT2D eigenvalue weighted by Gasteiger charge is 2.02. The van der Waals surface area contributed by atoms with Gasteiger partial charge in [0.1, 0.15) is 5.82 Å². The molecule has 1 aromatic rings. The van der Waals surface area contributed by atoms with Crippen molar-refractivity contribution >= 4 is 11.5 Å². The molecule has 0 amide bonds. The molecule has 1 N–H and O–H groups in total. The quantitative estimate of drug-likeness (QED) is 0.783. The Balaban J connectivity index is 2.50. The number of anilines is 2. The summed E-state index contributed by atoms with van der Waals surface area (Å²) in [5.74, 6) is 0.949. The van der Waals surface area contributed by atoms with Crippen molar-refractivity contribution in [1.29, 1.82) is 0 Å². The molecule has 1 rings (SSSR count). The van der Waals surface area contributed by atoms with Crippen LogP contribution in [0.15, 0.2) is 18.3 Å². The first-order chi connectivity index (χ1) is 8.13. The summed E-state index contributed by atoms with van der Waals surface area (Å²) in [6.45, 7) is 5.17. The minimum atomic E-state index is 0.904. The predicted molar refractivity (Wildman–Crippen MR) is 74.8 cm³/mol. The first-order valence-electron chi connectivity index (χ1n) is 6.19. The highest BCUT2D eigenvalue weighted by molar-refractivity contribution is 5.53. The molecule has 0 aliphatic carbocycles. The number of hydrogen-bond donors (Lipinski definition) is 1. The van der Waals surface area contributed by atoms with Gasteiger partial charge in [-0.25, -0.2) is 4.98 Å². The Labute approximate surface area is 105 Å². The molecule has 0 aromatic carbocycles. The average Bonchev–Trinajstić information content (AvgIpc) is 2.29. The van der Waals surface area contributed by atoms with Crippen molar-refractivity contribution in [3.05, 3.63) is 18.3 Å². The molecule has 17 heavy (non-hydrogen) atoms. The summed E-state index contributed by atoms with van der Waals surface area (Å²) in [5, 5.41) is 3.23. The molecule has 0 saturated heterocycles. The Morgan fingerprint density at radius 1 is 1.24 bits per heavy atom. The minimum Gasteiger partial charge on any atom is -0.374 e.